The fourth-order valence-corrected chi connectivity index (χ4v) is 1.27. The maximum absolute atomic E-state index is 11.3. The number of methoxy groups -OCH3 is 1. The summed E-state index contributed by atoms with van der Waals surface area (Å²) in [6.45, 7) is -0.377. The molecule has 1 aromatic rings. The third-order valence-electron chi connectivity index (χ3n) is 2.07. The fourth-order valence-electron chi connectivity index (χ4n) is 1.27. The molecule has 18 heavy (non-hydrogen) atoms. The summed E-state index contributed by atoms with van der Waals surface area (Å²) in [5.41, 5.74) is 0.294. The molecular weight excluding hydrogens is 236 g/mol. The third kappa shape index (κ3) is 3.49. The molecule has 0 atom stereocenters. The van der Waals surface area contributed by atoms with Gasteiger partial charge in [-0.3, -0.25) is 9.59 Å². The lowest BCUT2D eigenvalue weighted by Gasteiger charge is -2.11. The second kappa shape index (κ2) is 6.91. The molecule has 0 bridgehead atoms. The van der Waals surface area contributed by atoms with Gasteiger partial charge in [-0.25, -0.2) is 0 Å². The van der Waals surface area contributed by atoms with Crippen LogP contribution in [0, 0.1) is 11.3 Å². The largest absolute Gasteiger partial charge is 0.493 e. The van der Waals surface area contributed by atoms with Crippen molar-refractivity contribution in [1.29, 1.82) is 5.26 Å². The number of hydrogen-bond donors (Lipinski definition) is 1. The molecule has 1 N–H and O–H groups in total. The first-order valence-electron chi connectivity index (χ1n) is 5.11. The fraction of sp³-hybridized carbons (Fsp3) is 0.250. The number of benzene rings is 1. The van der Waals surface area contributed by atoms with Crippen LogP contribution in [0.5, 0.6) is 11.5 Å². The topological polar surface area (TPSA) is 88.4 Å². The number of nitriles is 1. The smallest absolute Gasteiger partial charge is 0.258 e. The van der Waals surface area contributed by atoms with Crippen LogP contribution in [0.3, 0.4) is 0 Å². The molecule has 0 saturated heterocycles. The summed E-state index contributed by atoms with van der Waals surface area (Å²) in [7, 11) is 1.44. The van der Waals surface area contributed by atoms with E-state index in [1.165, 1.54) is 7.11 Å². The average Bonchev–Trinajstić information content (AvgIpc) is 2.42. The van der Waals surface area contributed by atoms with Gasteiger partial charge in [0.15, 0.2) is 24.4 Å². The van der Waals surface area contributed by atoms with Crippen LogP contribution in [-0.4, -0.2) is 32.5 Å². The van der Waals surface area contributed by atoms with Gasteiger partial charge >= 0.3 is 0 Å². The molecule has 6 heteroatoms. The van der Waals surface area contributed by atoms with E-state index in [-0.39, 0.29) is 18.9 Å². The van der Waals surface area contributed by atoms with E-state index in [0.717, 1.165) is 0 Å². The number of carbonyl (C=O) groups excluding carboxylic acids is 2. The van der Waals surface area contributed by atoms with Crippen molar-refractivity contribution in [3.8, 4) is 17.6 Å². The Labute approximate surface area is 104 Å². The number of amides is 1. The Kier molecular flexibility index (Phi) is 5.19. The molecule has 0 aliphatic carbocycles. The Morgan fingerprint density at radius 1 is 1.56 bits per heavy atom. The van der Waals surface area contributed by atoms with Crippen LogP contribution < -0.4 is 14.8 Å². The van der Waals surface area contributed by atoms with Crippen LogP contribution in [0.15, 0.2) is 18.2 Å². The number of para-hydroxylation sites is 1. The van der Waals surface area contributed by atoms with Crippen LogP contribution in [-0.2, 0) is 4.79 Å². The van der Waals surface area contributed by atoms with Gasteiger partial charge in [-0.2, -0.15) is 5.26 Å². The second-order valence-corrected chi connectivity index (χ2v) is 3.22. The molecule has 6 nitrogen and oxygen atoms in total. The Morgan fingerprint density at radius 2 is 2.33 bits per heavy atom. The highest BCUT2D eigenvalue weighted by Crippen LogP contribution is 2.29. The monoisotopic (exact) mass is 248 g/mol. The van der Waals surface area contributed by atoms with Gasteiger partial charge in [-0.1, -0.05) is 6.07 Å². The first-order valence-corrected chi connectivity index (χ1v) is 5.11. The predicted octanol–water partition coefficient (Wildman–Crippen LogP) is 0.526. The van der Waals surface area contributed by atoms with Crippen LogP contribution in [0.1, 0.15) is 10.4 Å². The molecule has 1 aromatic carbocycles. The van der Waals surface area contributed by atoms with Crippen molar-refractivity contribution in [3.05, 3.63) is 23.8 Å². The van der Waals surface area contributed by atoms with Crippen molar-refractivity contribution in [3.63, 3.8) is 0 Å². The van der Waals surface area contributed by atoms with Gasteiger partial charge in [0, 0.05) is 0 Å². The molecule has 0 saturated carbocycles. The Hall–Kier alpha value is -2.55. The number of ether oxygens (including phenoxy) is 2. The molecule has 0 aliphatic heterocycles. The molecule has 0 aliphatic rings. The highest BCUT2D eigenvalue weighted by atomic mass is 16.5. The lowest BCUT2D eigenvalue weighted by Crippen LogP contribution is -2.29. The summed E-state index contributed by atoms with van der Waals surface area (Å²) in [5.74, 6) is 0.133. The Morgan fingerprint density at radius 3 is 2.94 bits per heavy atom. The zero-order valence-electron chi connectivity index (χ0n) is 9.80. The van der Waals surface area contributed by atoms with E-state index in [1.54, 1.807) is 24.3 Å². The summed E-state index contributed by atoms with van der Waals surface area (Å²) in [4.78, 5) is 22.1. The molecule has 0 spiro atoms. The SMILES string of the molecule is COc1cccc(C=O)c1OCC(=O)NCC#N. The number of nitrogens with one attached hydrogen (secondary N) is 1. The highest BCUT2D eigenvalue weighted by Gasteiger charge is 2.11. The number of hydrogen-bond acceptors (Lipinski definition) is 5. The minimum Gasteiger partial charge on any atom is -0.493 e. The van der Waals surface area contributed by atoms with Gasteiger partial charge in [-0.05, 0) is 12.1 Å². The predicted molar refractivity (Wildman–Crippen MR) is 62.5 cm³/mol. The third-order valence-corrected chi connectivity index (χ3v) is 2.07. The summed E-state index contributed by atoms with van der Waals surface area (Å²) < 4.78 is 10.3. The van der Waals surface area contributed by atoms with Crippen LogP contribution in [0.4, 0.5) is 0 Å². The van der Waals surface area contributed by atoms with E-state index in [2.05, 4.69) is 5.32 Å². The Balaban J connectivity index is 2.74. The standard InChI is InChI=1S/C12H12N2O4/c1-17-10-4-2-3-9(7-15)12(10)18-8-11(16)14-6-5-13/h2-4,7H,6,8H2,1H3,(H,14,16). The molecule has 0 fully saturated rings. The molecule has 0 unspecified atom stereocenters. The summed E-state index contributed by atoms with van der Waals surface area (Å²) >= 11 is 0. The lowest BCUT2D eigenvalue weighted by atomic mass is 10.2. The van der Waals surface area contributed by atoms with Gasteiger partial charge in [0.25, 0.3) is 5.91 Å². The maximum Gasteiger partial charge on any atom is 0.258 e. The highest BCUT2D eigenvalue weighted by molar-refractivity contribution is 5.82. The molecule has 1 rings (SSSR count). The van der Waals surface area contributed by atoms with Crippen LogP contribution in [0.25, 0.3) is 0 Å². The summed E-state index contributed by atoms with van der Waals surface area (Å²) in [6, 6.07) is 6.59. The van der Waals surface area contributed by atoms with Crippen molar-refractivity contribution in [2.75, 3.05) is 20.3 Å². The van der Waals surface area contributed by atoms with E-state index in [9.17, 15) is 9.59 Å². The van der Waals surface area contributed by atoms with E-state index >= 15 is 0 Å². The molecular formula is C12H12N2O4. The van der Waals surface area contributed by atoms with Gasteiger partial charge in [0.05, 0.1) is 18.7 Å². The van der Waals surface area contributed by atoms with Crippen molar-refractivity contribution < 1.29 is 19.1 Å². The van der Waals surface area contributed by atoms with E-state index in [4.69, 9.17) is 14.7 Å². The maximum atomic E-state index is 11.3. The van der Waals surface area contributed by atoms with Gasteiger partial charge < -0.3 is 14.8 Å². The van der Waals surface area contributed by atoms with Crippen molar-refractivity contribution >= 4 is 12.2 Å². The molecule has 1 amide bonds. The number of rotatable bonds is 6. The molecule has 0 heterocycles. The van der Waals surface area contributed by atoms with Crippen molar-refractivity contribution in [1.82, 2.24) is 5.32 Å². The first-order chi connectivity index (χ1) is 8.72. The summed E-state index contributed by atoms with van der Waals surface area (Å²) in [6.07, 6.45) is 0.616. The van der Waals surface area contributed by atoms with E-state index in [1.807, 2.05) is 0 Å². The van der Waals surface area contributed by atoms with E-state index < -0.39 is 5.91 Å². The van der Waals surface area contributed by atoms with Crippen LogP contribution >= 0.6 is 0 Å². The summed E-state index contributed by atoms with van der Waals surface area (Å²) in [5, 5.41) is 10.6. The van der Waals surface area contributed by atoms with Gasteiger partial charge in [0.1, 0.15) is 6.54 Å². The number of nitrogens with zero attached hydrogens (tertiary/aromatic N) is 1. The van der Waals surface area contributed by atoms with Gasteiger partial charge in [-0.15, -0.1) is 0 Å². The normalized spacial score (nSPS) is 9.11. The van der Waals surface area contributed by atoms with Crippen molar-refractivity contribution in [2.24, 2.45) is 0 Å². The molecule has 0 radical (unpaired) electrons. The second-order valence-electron chi connectivity index (χ2n) is 3.22. The number of aldehydes is 1. The minimum atomic E-state index is -0.445. The first kappa shape index (κ1) is 13.5. The minimum absolute atomic E-state index is 0.0886. The van der Waals surface area contributed by atoms with Crippen molar-refractivity contribution in [2.45, 2.75) is 0 Å². The zero-order chi connectivity index (χ0) is 13.4. The van der Waals surface area contributed by atoms with Crippen LogP contribution in [0.2, 0.25) is 0 Å². The Bertz CT molecular complexity index is 479. The van der Waals surface area contributed by atoms with Gasteiger partial charge in [0.2, 0.25) is 0 Å². The average molecular weight is 248 g/mol. The van der Waals surface area contributed by atoms with E-state index in [0.29, 0.717) is 17.6 Å². The molecule has 0 aromatic heterocycles. The molecule has 94 valence electrons. The quantitative estimate of drug-likeness (QED) is 0.586. The lowest BCUT2D eigenvalue weighted by molar-refractivity contribution is -0.122. The zero-order valence-corrected chi connectivity index (χ0v) is 9.80. The number of carbonyl (C=O) groups is 2.